The molecular weight excluding hydrogens is 232 g/mol. The van der Waals surface area contributed by atoms with Gasteiger partial charge < -0.3 is 9.47 Å². The summed E-state index contributed by atoms with van der Waals surface area (Å²) >= 11 is 1.72. The minimum absolute atomic E-state index is 0.544. The van der Waals surface area contributed by atoms with E-state index in [4.69, 9.17) is 9.47 Å². The molecule has 0 bridgehead atoms. The molecule has 0 N–H and O–H groups in total. The summed E-state index contributed by atoms with van der Waals surface area (Å²) in [4.78, 5) is 2.30. The maximum Gasteiger partial charge on any atom is 0.179 e. The first-order valence-corrected chi connectivity index (χ1v) is 6.77. The SMILES string of the molecule is C/C=C/c1sc(/C=C/C(C)C)c2c1OCCO2. The summed E-state index contributed by atoms with van der Waals surface area (Å²) in [6, 6.07) is 0. The maximum absolute atomic E-state index is 5.71. The van der Waals surface area contributed by atoms with Crippen molar-refractivity contribution in [1.29, 1.82) is 0 Å². The highest BCUT2D eigenvalue weighted by Crippen LogP contribution is 2.45. The molecular formula is C14H18O2S. The first-order chi connectivity index (χ1) is 8.22. The summed E-state index contributed by atoms with van der Waals surface area (Å²) in [5, 5.41) is 0. The fourth-order valence-corrected chi connectivity index (χ4v) is 2.72. The van der Waals surface area contributed by atoms with Gasteiger partial charge >= 0.3 is 0 Å². The first kappa shape index (κ1) is 12.2. The van der Waals surface area contributed by atoms with Gasteiger partial charge in [-0.15, -0.1) is 11.3 Å². The number of hydrogen-bond donors (Lipinski definition) is 0. The van der Waals surface area contributed by atoms with Crippen molar-refractivity contribution in [3.8, 4) is 11.5 Å². The molecule has 0 saturated carbocycles. The molecule has 0 amide bonds. The normalized spacial score (nSPS) is 15.3. The van der Waals surface area contributed by atoms with Gasteiger partial charge in [-0.3, -0.25) is 0 Å². The number of ether oxygens (including phenoxy) is 2. The summed E-state index contributed by atoms with van der Waals surface area (Å²) in [6.45, 7) is 7.63. The van der Waals surface area contributed by atoms with Crippen LogP contribution in [0.15, 0.2) is 12.2 Å². The fraction of sp³-hybridized carbons (Fsp3) is 0.429. The van der Waals surface area contributed by atoms with Gasteiger partial charge in [0.15, 0.2) is 11.5 Å². The molecule has 0 radical (unpaired) electrons. The molecule has 1 aromatic heterocycles. The number of thiophene rings is 1. The molecule has 0 unspecified atom stereocenters. The average molecular weight is 250 g/mol. The number of allylic oxidation sites excluding steroid dienone is 2. The molecule has 17 heavy (non-hydrogen) atoms. The lowest BCUT2D eigenvalue weighted by Crippen LogP contribution is -2.14. The molecule has 2 nitrogen and oxygen atoms in total. The number of fused-ring (bicyclic) bond motifs is 1. The molecule has 0 atom stereocenters. The highest BCUT2D eigenvalue weighted by Gasteiger charge is 2.21. The Bertz CT molecular complexity index is 441. The molecule has 0 aliphatic carbocycles. The molecule has 0 aromatic carbocycles. The molecule has 3 heteroatoms. The van der Waals surface area contributed by atoms with Gasteiger partial charge in [-0.2, -0.15) is 0 Å². The van der Waals surface area contributed by atoms with E-state index in [1.54, 1.807) is 11.3 Å². The van der Waals surface area contributed by atoms with Gasteiger partial charge in [-0.1, -0.05) is 26.0 Å². The summed E-state index contributed by atoms with van der Waals surface area (Å²) < 4.78 is 11.4. The maximum atomic E-state index is 5.71. The molecule has 0 fully saturated rings. The molecule has 2 heterocycles. The fourth-order valence-electron chi connectivity index (χ4n) is 1.65. The van der Waals surface area contributed by atoms with Crippen molar-refractivity contribution < 1.29 is 9.47 Å². The van der Waals surface area contributed by atoms with E-state index in [0.717, 1.165) is 21.3 Å². The zero-order valence-electron chi connectivity index (χ0n) is 10.5. The van der Waals surface area contributed by atoms with Crippen LogP contribution in [0.4, 0.5) is 0 Å². The predicted molar refractivity (Wildman–Crippen MR) is 73.9 cm³/mol. The van der Waals surface area contributed by atoms with Crippen molar-refractivity contribution in [2.75, 3.05) is 13.2 Å². The van der Waals surface area contributed by atoms with E-state index in [-0.39, 0.29) is 0 Å². The van der Waals surface area contributed by atoms with Crippen molar-refractivity contribution >= 4 is 23.5 Å². The van der Waals surface area contributed by atoms with Crippen LogP contribution in [0.2, 0.25) is 0 Å². The summed E-state index contributed by atoms with van der Waals surface area (Å²) in [5.74, 6) is 2.36. The molecule has 92 valence electrons. The standard InChI is InChI=1S/C14H18O2S/c1-4-5-11-13-14(16-9-8-15-13)12(17-11)7-6-10(2)3/h4-7,10H,8-9H2,1-3H3/b5-4+,7-6+. The molecule has 0 spiro atoms. The molecule has 2 rings (SSSR count). The van der Waals surface area contributed by atoms with Crippen LogP contribution in [0.1, 0.15) is 30.5 Å². The van der Waals surface area contributed by atoms with E-state index in [9.17, 15) is 0 Å². The third kappa shape index (κ3) is 2.72. The number of rotatable bonds is 3. The molecule has 1 aliphatic rings. The van der Waals surface area contributed by atoms with Gasteiger partial charge in [0.25, 0.3) is 0 Å². The van der Waals surface area contributed by atoms with Gasteiger partial charge in [0.1, 0.15) is 13.2 Å². The Kier molecular flexibility index (Phi) is 3.89. The minimum atomic E-state index is 0.544. The van der Waals surface area contributed by atoms with Crippen molar-refractivity contribution in [2.24, 2.45) is 5.92 Å². The Morgan fingerprint density at radius 2 is 1.65 bits per heavy atom. The van der Waals surface area contributed by atoms with E-state index in [1.807, 2.05) is 13.0 Å². The largest absolute Gasteiger partial charge is 0.485 e. The Labute approximate surface area is 107 Å². The van der Waals surface area contributed by atoms with Gasteiger partial charge in [-0.05, 0) is 25.0 Å². The summed E-state index contributed by atoms with van der Waals surface area (Å²) in [7, 11) is 0. The lowest BCUT2D eigenvalue weighted by molar-refractivity contribution is 0.173. The third-order valence-electron chi connectivity index (χ3n) is 2.40. The van der Waals surface area contributed by atoms with Crippen molar-refractivity contribution in [3.63, 3.8) is 0 Å². The first-order valence-electron chi connectivity index (χ1n) is 5.95. The summed E-state index contributed by atoms with van der Waals surface area (Å²) in [6.07, 6.45) is 8.42. The van der Waals surface area contributed by atoms with Crippen LogP contribution in [0.5, 0.6) is 11.5 Å². The second-order valence-corrected chi connectivity index (χ2v) is 5.37. The monoisotopic (exact) mass is 250 g/mol. The average Bonchev–Trinajstić information content (AvgIpc) is 2.66. The van der Waals surface area contributed by atoms with Crippen LogP contribution in [0, 0.1) is 5.92 Å². The predicted octanol–water partition coefficient (Wildman–Crippen LogP) is 4.22. The Morgan fingerprint density at radius 3 is 2.18 bits per heavy atom. The van der Waals surface area contributed by atoms with Crippen LogP contribution in [-0.2, 0) is 0 Å². The van der Waals surface area contributed by atoms with Crippen LogP contribution in [0.25, 0.3) is 12.2 Å². The van der Waals surface area contributed by atoms with Crippen molar-refractivity contribution in [3.05, 3.63) is 21.9 Å². The quantitative estimate of drug-likeness (QED) is 0.799. The highest BCUT2D eigenvalue weighted by atomic mass is 32.1. The van der Waals surface area contributed by atoms with Crippen molar-refractivity contribution in [2.45, 2.75) is 20.8 Å². The zero-order valence-corrected chi connectivity index (χ0v) is 11.3. The van der Waals surface area contributed by atoms with Crippen LogP contribution < -0.4 is 9.47 Å². The lowest BCUT2D eigenvalue weighted by atomic mass is 10.2. The second kappa shape index (κ2) is 5.41. The van der Waals surface area contributed by atoms with Crippen LogP contribution in [-0.4, -0.2) is 13.2 Å². The van der Waals surface area contributed by atoms with E-state index < -0.39 is 0 Å². The Morgan fingerprint density at radius 1 is 1.06 bits per heavy atom. The van der Waals surface area contributed by atoms with E-state index in [0.29, 0.717) is 19.1 Å². The summed E-state index contributed by atoms with van der Waals surface area (Å²) in [5.41, 5.74) is 0. The van der Waals surface area contributed by atoms with Crippen LogP contribution in [0.3, 0.4) is 0 Å². The minimum Gasteiger partial charge on any atom is -0.485 e. The van der Waals surface area contributed by atoms with E-state index in [1.165, 1.54) is 0 Å². The van der Waals surface area contributed by atoms with E-state index in [2.05, 4.69) is 32.1 Å². The molecule has 0 saturated heterocycles. The topological polar surface area (TPSA) is 18.5 Å². The van der Waals surface area contributed by atoms with Crippen molar-refractivity contribution in [1.82, 2.24) is 0 Å². The van der Waals surface area contributed by atoms with Gasteiger partial charge in [-0.25, -0.2) is 0 Å². The number of hydrogen-bond acceptors (Lipinski definition) is 3. The second-order valence-electron chi connectivity index (χ2n) is 4.29. The van der Waals surface area contributed by atoms with Gasteiger partial charge in [0.05, 0.1) is 9.75 Å². The Hall–Kier alpha value is -1.22. The smallest absolute Gasteiger partial charge is 0.179 e. The lowest BCUT2D eigenvalue weighted by Gasteiger charge is -2.16. The third-order valence-corrected chi connectivity index (χ3v) is 3.48. The Balaban J connectivity index is 2.38. The van der Waals surface area contributed by atoms with Crippen LogP contribution >= 0.6 is 11.3 Å². The zero-order chi connectivity index (χ0) is 12.3. The van der Waals surface area contributed by atoms with Gasteiger partial charge in [0.2, 0.25) is 0 Å². The molecule has 1 aliphatic heterocycles. The van der Waals surface area contributed by atoms with E-state index >= 15 is 0 Å². The molecule has 1 aromatic rings. The van der Waals surface area contributed by atoms with Gasteiger partial charge in [0, 0.05) is 0 Å². The highest BCUT2D eigenvalue weighted by molar-refractivity contribution is 7.14.